The average Bonchev–Trinajstić information content (AvgIpc) is 3.05. The molecule has 0 fully saturated rings. The molecule has 0 saturated heterocycles. The minimum absolute atomic E-state index is 0.166. The van der Waals surface area contributed by atoms with Crippen molar-refractivity contribution in [1.82, 2.24) is 10.5 Å². The normalized spacial score (nSPS) is 13.2. The molecule has 0 atom stereocenters. The number of carbonyl (C=O) groups is 2. The molecule has 25 heavy (non-hydrogen) atoms. The molecule has 1 amide bonds. The van der Waals surface area contributed by atoms with E-state index in [1.54, 1.807) is 6.07 Å². The number of ether oxygens (including phenoxy) is 1. The lowest BCUT2D eigenvalue weighted by atomic mass is 9.96. The van der Waals surface area contributed by atoms with Crippen molar-refractivity contribution in [2.75, 3.05) is 13.7 Å². The van der Waals surface area contributed by atoms with Crippen molar-refractivity contribution in [1.29, 1.82) is 0 Å². The van der Waals surface area contributed by atoms with E-state index in [4.69, 9.17) is 14.4 Å². The molecule has 3 rings (SSSR count). The molecule has 1 aliphatic rings. The molecule has 0 spiro atoms. The highest BCUT2D eigenvalue weighted by Gasteiger charge is 2.23. The van der Waals surface area contributed by atoms with Crippen molar-refractivity contribution in [3.63, 3.8) is 0 Å². The Kier molecular flexibility index (Phi) is 5.02. The van der Waals surface area contributed by atoms with Gasteiger partial charge in [-0.1, -0.05) is 11.2 Å². The smallest absolute Gasteiger partial charge is 0.335 e. The van der Waals surface area contributed by atoms with Gasteiger partial charge in [-0.2, -0.15) is 0 Å². The predicted molar refractivity (Wildman–Crippen MR) is 89.1 cm³/mol. The summed E-state index contributed by atoms with van der Waals surface area (Å²) in [5.74, 6) is 0.0669. The molecule has 0 radical (unpaired) electrons. The maximum Gasteiger partial charge on any atom is 0.335 e. The predicted octanol–water partition coefficient (Wildman–Crippen LogP) is 2.23. The third-order valence-electron chi connectivity index (χ3n) is 4.38. The first-order chi connectivity index (χ1) is 12.1. The van der Waals surface area contributed by atoms with Crippen LogP contribution in [-0.4, -0.2) is 35.8 Å². The molecule has 7 heteroatoms. The standard InChI is InChI=1S/C18H20N2O5/c1-24-15-10-12(18(22)23)7-6-11(15)8-9-19-17(21)16-13-4-2-3-5-14(13)25-20-16/h6-7,10H,2-5,8-9H2,1H3,(H,19,21)(H,22,23). The van der Waals surface area contributed by atoms with Gasteiger partial charge in [-0.25, -0.2) is 4.79 Å². The highest BCUT2D eigenvalue weighted by Crippen LogP contribution is 2.24. The van der Waals surface area contributed by atoms with Crippen molar-refractivity contribution in [3.8, 4) is 5.75 Å². The Bertz CT molecular complexity index is 797. The molecule has 0 aliphatic heterocycles. The van der Waals surface area contributed by atoms with Gasteiger partial charge in [-0.15, -0.1) is 0 Å². The van der Waals surface area contributed by atoms with Crippen LogP contribution in [0.3, 0.4) is 0 Å². The van der Waals surface area contributed by atoms with Gasteiger partial charge in [0, 0.05) is 18.5 Å². The van der Waals surface area contributed by atoms with Gasteiger partial charge in [0.05, 0.1) is 12.7 Å². The number of methoxy groups -OCH3 is 1. The van der Waals surface area contributed by atoms with Crippen molar-refractivity contribution in [2.45, 2.75) is 32.1 Å². The first-order valence-electron chi connectivity index (χ1n) is 8.26. The molecular formula is C18H20N2O5. The largest absolute Gasteiger partial charge is 0.496 e. The Morgan fingerprint density at radius 2 is 2.12 bits per heavy atom. The van der Waals surface area contributed by atoms with E-state index in [-0.39, 0.29) is 11.5 Å². The van der Waals surface area contributed by atoms with E-state index in [0.717, 1.165) is 42.6 Å². The molecule has 1 heterocycles. The van der Waals surface area contributed by atoms with Crippen LogP contribution in [0.2, 0.25) is 0 Å². The van der Waals surface area contributed by atoms with Gasteiger partial charge < -0.3 is 19.7 Å². The van der Waals surface area contributed by atoms with Crippen molar-refractivity contribution in [2.24, 2.45) is 0 Å². The number of nitrogens with one attached hydrogen (secondary N) is 1. The molecule has 132 valence electrons. The summed E-state index contributed by atoms with van der Waals surface area (Å²) in [6, 6.07) is 4.70. The van der Waals surface area contributed by atoms with Crippen LogP contribution in [0.25, 0.3) is 0 Å². The van der Waals surface area contributed by atoms with Crippen molar-refractivity contribution in [3.05, 3.63) is 46.3 Å². The summed E-state index contributed by atoms with van der Waals surface area (Å²) in [5, 5.41) is 15.8. The minimum atomic E-state index is -1.01. The number of fused-ring (bicyclic) bond motifs is 1. The number of carboxylic acid groups (broad SMARTS) is 1. The van der Waals surface area contributed by atoms with Gasteiger partial charge in [0.2, 0.25) is 0 Å². The Morgan fingerprint density at radius 1 is 1.32 bits per heavy atom. The summed E-state index contributed by atoms with van der Waals surface area (Å²) in [5.41, 5.74) is 2.30. The number of hydrogen-bond acceptors (Lipinski definition) is 5. The fourth-order valence-corrected chi connectivity index (χ4v) is 3.04. The molecule has 0 bridgehead atoms. The lowest BCUT2D eigenvalue weighted by Gasteiger charge is -2.11. The monoisotopic (exact) mass is 344 g/mol. The van der Waals surface area contributed by atoms with Crippen LogP contribution < -0.4 is 10.1 Å². The quantitative estimate of drug-likeness (QED) is 0.833. The molecule has 1 aliphatic carbocycles. The van der Waals surface area contributed by atoms with Gasteiger partial charge in [0.25, 0.3) is 5.91 Å². The number of carboxylic acids is 1. The van der Waals surface area contributed by atoms with E-state index in [0.29, 0.717) is 24.4 Å². The number of aryl methyl sites for hydroxylation is 1. The summed E-state index contributed by atoms with van der Waals surface area (Å²) < 4.78 is 10.5. The Labute approximate surface area is 145 Å². The van der Waals surface area contributed by atoms with Crippen molar-refractivity contribution >= 4 is 11.9 Å². The zero-order valence-electron chi connectivity index (χ0n) is 14.0. The number of carbonyl (C=O) groups excluding carboxylic acids is 1. The molecule has 7 nitrogen and oxygen atoms in total. The second-order valence-electron chi connectivity index (χ2n) is 5.98. The number of amides is 1. The van der Waals surface area contributed by atoms with Crippen LogP contribution in [0.4, 0.5) is 0 Å². The fourth-order valence-electron chi connectivity index (χ4n) is 3.04. The average molecular weight is 344 g/mol. The van der Waals surface area contributed by atoms with Crippen LogP contribution in [0, 0.1) is 0 Å². The van der Waals surface area contributed by atoms with Gasteiger partial charge in [-0.05, 0) is 43.4 Å². The van der Waals surface area contributed by atoms with Crippen LogP contribution in [0.15, 0.2) is 22.7 Å². The Morgan fingerprint density at radius 3 is 2.88 bits per heavy atom. The Hall–Kier alpha value is -2.83. The minimum Gasteiger partial charge on any atom is -0.496 e. The van der Waals surface area contributed by atoms with Crippen LogP contribution in [0.5, 0.6) is 5.75 Å². The van der Waals surface area contributed by atoms with Gasteiger partial charge in [-0.3, -0.25) is 4.79 Å². The third-order valence-corrected chi connectivity index (χ3v) is 4.38. The van der Waals surface area contributed by atoms with Crippen LogP contribution in [0.1, 0.15) is 50.6 Å². The van der Waals surface area contributed by atoms with Crippen LogP contribution in [-0.2, 0) is 19.3 Å². The zero-order chi connectivity index (χ0) is 17.8. The van der Waals surface area contributed by atoms with E-state index in [1.807, 2.05) is 0 Å². The molecule has 2 N–H and O–H groups in total. The summed E-state index contributed by atoms with van der Waals surface area (Å²) in [4.78, 5) is 23.3. The second-order valence-corrected chi connectivity index (χ2v) is 5.98. The molecule has 1 aromatic carbocycles. The molecule has 1 aromatic heterocycles. The van der Waals surface area contributed by atoms with Gasteiger partial charge >= 0.3 is 5.97 Å². The number of rotatable bonds is 6. The molecule has 0 saturated carbocycles. The van der Waals surface area contributed by atoms with E-state index in [1.165, 1.54) is 19.2 Å². The summed E-state index contributed by atoms with van der Waals surface area (Å²) in [7, 11) is 1.49. The number of nitrogens with zero attached hydrogens (tertiary/aromatic N) is 1. The lowest BCUT2D eigenvalue weighted by Crippen LogP contribution is -2.27. The van der Waals surface area contributed by atoms with E-state index < -0.39 is 5.97 Å². The number of aromatic nitrogens is 1. The number of aromatic carboxylic acids is 1. The van der Waals surface area contributed by atoms with Crippen molar-refractivity contribution < 1.29 is 24.0 Å². The fraction of sp³-hybridized carbons (Fsp3) is 0.389. The topological polar surface area (TPSA) is 102 Å². The lowest BCUT2D eigenvalue weighted by molar-refractivity contribution is 0.0696. The van der Waals surface area contributed by atoms with Gasteiger partial charge in [0.1, 0.15) is 11.5 Å². The summed E-state index contributed by atoms with van der Waals surface area (Å²) in [6.45, 7) is 0.392. The van der Waals surface area contributed by atoms with E-state index in [9.17, 15) is 9.59 Å². The first kappa shape index (κ1) is 17.0. The highest BCUT2D eigenvalue weighted by atomic mass is 16.5. The summed E-state index contributed by atoms with van der Waals surface area (Å²) >= 11 is 0. The maximum atomic E-state index is 12.3. The maximum absolute atomic E-state index is 12.3. The zero-order valence-corrected chi connectivity index (χ0v) is 14.0. The number of hydrogen-bond donors (Lipinski definition) is 2. The summed E-state index contributed by atoms with van der Waals surface area (Å²) in [6.07, 6.45) is 4.29. The van der Waals surface area contributed by atoms with Crippen LogP contribution >= 0.6 is 0 Å². The van der Waals surface area contributed by atoms with E-state index in [2.05, 4.69) is 10.5 Å². The SMILES string of the molecule is COc1cc(C(=O)O)ccc1CCNC(=O)c1noc2c1CCCC2. The Balaban J connectivity index is 1.62. The number of benzene rings is 1. The molecule has 2 aromatic rings. The molecule has 0 unspecified atom stereocenters. The third kappa shape index (κ3) is 3.65. The first-order valence-corrected chi connectivity index (χ1v) is 8.26. The van der Waals surface area contributed by atoms with Gasteiger partial charge in [0.15, 0.2) is 5.69 Å². The molecular weight excluding hydrogens is 324 g/mol. The highest BCUT2D eigenvalue weighted by molar-refractivity contribution is 5.93. The second kappa shape index (κ2) is 7.38. The van der Waals surface area contributed by atoms with E-state index >= 15 is 0 Å².